The zero-order valence-corrected chi connectivity index (χ0v) is 17.3. The molecule has 0 radical (unpaired) electrons. The van der Waals surface area contributed by atoms with Gasteiger partial charge in [-0.25, -0.2) is 27.8 Å². The fourth-order valence-corrected chi connectivity index (χ4v) is 4.17. The van der Waals surface area contributed by atoms with Crippen molar-refractivity contribution < 1.29 is 12.9 Å². The van der Waals surface area contributed by atoms with Gasteiger partial charge in [0, 0.05) is 30.2 Å². The van der Waals surface area contributed by atoms with Crippen molar-refractivity contribution in [1.29, 1.82) is 0 Å². The van der Waals surface area contributed by atoms with Crippen molar-refractivity contribution in [3.63, 3.8) is 0 Å². The molecule has 0 saturated carbocycles. The van der Waals surface area contributed by atoms with E-state index < -0.39 is 10.0 Å². The average molecular weight is 427 g/mol. The molecular formula is C19H21N7O3S. The minimum absolute atomic E-state index is 0.192. The van der Waals surface area contributed by atoms with Crippen molar-refractivity contribution in [3.05, 3.63) is 59.8 Å². The summed E-state index contributed by atoms with van der Waals surface area (Å²) in [6.07, 6.45) is 1.44. The number of nitrogens with one attached hydrogen (secondary N) is 2. The molecule has 0 aliphatic rings. The number of para-hydroxylation sites is 1. The van der Waals surface area contributed by atoms with Gasteiger partial charge in [0.1, 0.15) is 23.6 Å². The van der Waals surface area contributed by atoms with Crippen LogP contribution in [0, 0.1) is 13.8 Å². The molecule has 0 fully saturated rings. The van der Waals surface area contributed by atoms with Crippen LogP contribution in [0.25, 0.3) is 16.8 Å². The lowest BCUT2D eigenvalue weighted by molar-refractivity contribution is 0.448. The van der Waals surface area contributed by atoms with E-state index in [-0.39, 0.29) is 12.3 Å². The zero-order valence-electron chi connectivity index (χ0n) is 16.5. The molecule has 2 N–H and O–H groups in total. The van der Waals surface area contributed by atoms with Gasteiger partial charge in [0.05, 0.1) is 5.69 Å². The van der Waals surface area contributed by atoms with Crippen molar-refractivity contribution in [2.24, 2.45) is 0 Å². The van der Waals surface area contributed by atoms with Crippen molar-refractivity contribution in [2.45, 2.75) is 19.6 Å². The molecule has 10 nitrogen and oxygen atoms in total. The predicted molar refractivity (Wildman–Crippen MR) is 112 cm³/mol. The third kappa shape index (κ3) is 4.47. The smallest absolute Gasteiger partial charge is 0.217 e. The summed E-state index contributed by atoms with van der Waals surface area (Å²) in [5.74, 6) is 0.963. The standard InChI is InChI=1S/C19H21N7O3S/c1-13-9-14(2)26(24-13)19-10-18(21-12-22-19)20-7-8-23-30(27,28)11-16-15-5-3-4-6-17(15)29-25-16/h3-6,9-10,12,23H,7-8,11H2,1-2H3,(H,20,21,22). The lowest BCUT2D eigenvalue weighted by Gasteiger charge is -2.09. The van der Waals surface area contributed by atoms with Crippen LogP contribution < -0.4 is 10.0 Å². The number of anilines is 1. The van der Waals surface area contributed by atoms with Crippen LogP contribution in [0.15, 0.2) is 47.2 Å². The van der Waals surface area contributed by atoms with E-state index in [4.69, 9.17) is 4.52 Å². The molecule has 0 saturated heterocycles. The molecule has 156 valence electrons. The van der Waals surface area contributed by atoms with Crippen LogP contribution in [-0.4, -0.2) is 46.4 Å². The summed E-state index contributed by atoms with van der Waals surface area (Å²) in [5.41, 5.74) is 2.81. The number of sulfonamides is 1. The lowest BCUT2D eigenvalue weighted by atomic mass is 10.2. The van der Waals surface area contributed by atoms with Gasteiger partial charge in [-0.2, -0.15) is 5.10 Å². The van der Waals surface area contributed by atoms with Crippen LogP contribution >= 0.6 is 0 Å². The van der Waals surface area contributed by atoms with Crippen molar-refractivity contribution in [1.82, 2.24) is 29.6 Å². The normalized spacial score (nSPS) is 11.8. The van der Waals surface area contributed by atoms with Crippen molar-refractivity contribution in [3.8, 4) is 5.82 Å². The maximum absolute atomic E-state index is 12.4. The van der Waals surface area contributed by atoms with E-state index in [0.29, 0.717) is 34.8 Å². The van der Waals surface area contributed by atoms with E-state index in [1.54, 1.807) is 22.9 Å². The Labute approximate surface area is 173 Å². The largest absolute Gasteiger partial charge is 0.369 e. The number of aryl methyl sites for hydroxylation is 2. The summed E-state index contributed by atoms with van der Waals surface area (Å²) in [4.78, 5) is 8.41. The van der Waals surface area contributed by atoms with E-state index >= 15 is 0 Å². The Kier molecular flexibility index (Phi) is 5.46. The summed E-state index contributed by atoms with van der Waals surface area (Å²) in [7, 11) is -3.56. The SMILES string of the molecule is Cc1cc(C)n(-c2cc(NCCNS(=O)(=O)Cc3noc4ccccc34)ncn2)n1. The highest BCUT2D eigenvalue weighted by molar-refractivity contribution is 7.88. The molecular weight excluding hydrogens is 406 g/mol. The second-order valence-electron chi connectivity index (χ2n) is 6.81. The molecule has 4 rings (SSSR count). The minimum Gasteiger partial charge on any atom is -0.369 e. The Hall–Kier alpha value is -3.31. The van der Waals surface area contributed by atoms with Crippen LogP contribution in [0.4, 0.5) is 5.82 Å². The first-order valence-corrected chi connectivity index (χ1v) is 11.0. The molecule has 0 spiro atoms. The minimum atomic E-state index is -3.56. The molecule has 0 unspecified atom stereocenters. The van der Waals surface area contributed by atoms with Crippen LogP contribution in [0.2, 0.25) is 0 Å². The van der Waals surface area contributed by atoms with E-state index in [1.165, 1.54) is 6.33 Å². The number of hydrogen-bond acceptors (Lipinski definition) is 8. The Morgan fingerprint density at radius 1 is 1.10 bits per heavy atom. The number of hydrogen-bond donors (Lipinski definition) is 2. The van der Waals surface area contributed by atoms with E-state index in [2.05, 4.69) is 30.3 Å². The first-order valence-electron chi connectivity index (χ1n) is 9.31. The predicted octanol–water partition coefficient (Wildman–Crippen LogP) is 1.95. The molecule has 0 bridgehead atoms. The highest BCUT2D eigenvalue weighted by Crippen LogP contribution is 2.19. The Balaban J connectivity index is 1.33. The molecule has 0 atom stereocenters. The van der Waals surface area contributed by atoms with Gasteiger partial charge in [0.15, 0.2) is 11.4 Å². The van der Waals surface area contributed by atoms with Gasteiger partial charge in [-0.3, -0.25) is 0 Å². The molecule has 30 heavy (non-hydrogen) atoms. The number of nitrogens with zero attached hydrogens (tertiary/aromatic N) is 5. The maximum atomic E-state index is 12.4. The first kappa shape index (κ1) is 20.0. The zero-order chi connectivity index (χ0) is 21.1. The van der Waals surface area contributed by atoms with Gasteiger partial charge in [-0.15, -0.1) is 0 Å². The van der Waals surface area contributed by atoms with Crippen LogP contribution in [0.1, 0.15) is 17.1 Å². The summed E-state index contributed by atoms with van der Waals surface area (Å²) in [6, 6.07) is 10.9. The van der Waals surface area contributed by atoms with E-state index in [9.17, 15) is 8.42 Å². The Morgan fingerprint density at radius 3 is 2.73 bits per heavy atom. The van der Waals surface area contributed by atoms with E-state index in [0.717, 1.165) is 11.4 Å². The summed E-state index contributed by atoms with van der Waals surface area (Å²) < 4.78 is 34.2. The van der Waals surface area contributed by atoms with Gasteiger partial charge in [-0.1, -0.05) is 17.3 Å². The molecule has 0 aliphatic heterocycles. The summed E-state index contributed by atoms with van der Waals surface area (Å²) in [6.45, 7) is 4.41. The quantitative estimate of drug-likeness (QED) is 0.408. The fourth-order valence-electron chi connectivity index (χ4n) is 3.09. The number of aromatic nitrogens is 5. The lowest BCUT2D eigenvalue weighted by Crippen LogP contribution is -2.30. The average Bonchev–Trinajstić information content (AvgIpc) is 3.28. The highest BCUT2D eigenvalue weighted by atomic mass is 32.2. The third-order valence-electron chi connectivity index (χ3n) is 4.41. The van der Waals surface area contributed by atoms with Gasteiger partial charge in [-0.05, 0) is 32.0 Å². The molecule has 11 heteroatoms. The van der Waals surface area contributed by atoms with Crippen molar-refractivity contribution >= 4 is 26.8 Å². The maximum Gasteiger partial charge on any atom is 0.217 e. The topological polar surface area (TPSA) is 128 Å². The molecule has 3 aromatic heterocycles. The molecule has 0 aliphatic carbocycles. The Morgan fingerprint density at radius 2 is 1.93 bits per heavy atom. The number of benzene rings is 1. The molecule has 1 aromatic carbocycles. The first-order chi connectivity index (χ1) is 14.4. The fraction of sp³-hybridized carbons (Fsp3) is 0.263. The van der Waals surface area contributed by atoms with Crippen LogP contribution in [0.3, 0.4) is 0 Å². The van der Waals surface area contributed by atoms with Gasteiger partial charge >= 0.3 is 0 Å². The molecule has 4 aromatic rings. The molecule has 3 heterocycles. The number of rotatable bonds is 8. The summed E-state index contributed by atoms with van der Waals surface area (Å²) in [5, 5.41) is 12.1. The second kappa shape index (κ2) is 8.20. The van der Waals surface area contributed by atoms with Crippen LogP contribution in [0.5, 0.6) is 0 Å². The Bertz CT molecular complexity index is 1280. The second-order valence-corrected chi connectivity index (χ2v) is 8.61. The monoisotopic (exact) mass is 427 g/mol. The van der Waals surface area contributed by atoms with Gasteiger partial charge in [0.25, 0.3) is 0 Å². The van der Waals surface area contributed by atoms with Crippen LogP contribution in [-0.2, 0) is 15.8 Å². The van der Waals surface area contributed by atoms with Gasteiger partial charge in [0.2, 0.25) is 10.0 Å². The molecule has 0 amide bonds. The van der Waals surface area contributed by atoms with Crippen molar-refractivity contribution in [2.75, 3.05) is 18.4 Å². The summed E-state index contributed by atoms with van der Waals surface area (Å²) >= 11 is 0. The van der Waals surface area contributed by atoms with E-state index in [1.807, 2.05) is 32.0 Å². The number of fused-ring (bicyclic) bond motifs is 1. The highest BCUT2D eigenvalue weighted by Gasteiger charge is 2.17. The third-order valence-corrected chi connectivity index (χ3v) is 5.71. The van der Waals surface area contributed by atoms with Gasteiger partial charge < -0.3 is 9.84 Å².